The molecule has 1 aromatic carbocycles. The Morgan fingerprint density at radius 1 is 1.24 bits per heavy atom. The largest absolute Gasteiger partial charge is 0.480 e. The highest BCUT2D eigenvalue weighted by Crippen LogP contribution is 2.32. The fourth-order valence-electron chi connectivity index (χ4n) is 1.66. The van der Waals surface area contributed by atoms with Gasteiger partial charge in [0.25, 0.3) is 5.91 Å². The van der Waals surface area contributed by atoms with Crippen molar-refractivity contribution >= 4 is 11.9 Å². The minimum atomic E-state index is -4.94. The maximum absolute atomic E-state index is 13.7. The summed E-state index contributed by atoms with van der Waals surface area (Å²) >= 11 is 0. The number of hydrogen-bond acceptors (Lipinski definition) is 2. The topological polar surface area (TPSA) is 66.4 Å². The zero-order chi connectivity index (χ0) is 16.4. The normalized spacial score (nSPS) is 13.1. The summed E-state index contributed by atoms with van der Waals surface area (Å²) in [5, 5.41) is 10.9. The summed E-state index contributed by atoms with van der Waals surface area (Å²) in [4.78, 5) is 22.7. The van der Waals surface area contributed by atoms with Crippen LogP contribution < -0.4 is 5.32 Å². The molecule has 0 aliphatic heterocycles. The molecule has 0 aliphatic rings. The van der Waals surface area contributed by atoms with Crippen molar-refractivity contribution in [3.8, 4) is 0 Å². The first-order valence-corrected chi connectivity index (χ1v) is 5.95. The molecule has 1 atom stereocenters. The number of halogens is 4. The van der Waals surface area contributed by atoms with E-state index in [-0.39, 0.29) is 0 Å². The molecule has 2 N–H and O–H groups in total. The van der Waals surface area contributed by atoms with Crippen molar-refractivity contribution in [2.75, 3.05) is 0 Å². The molecule has 8 heteroatoms. The molecule has 0 aromatic heterocycles. The number of nitrogens with one attached hydrogen (secondary N) is 1. The number of carbonyl (C=O) groups excluding carboxylic acids is 1. The third-order valence-corrected chi connectivity index (χ3v) is 2.77. The highest BCUT2D eigenvalue weighted by molar-refractivity contribution is 5.97. The highest BCUT2D eigenvalue weighted by atomic mass is 19.4. The van der Waals surface area contributed by atoms with Crippen LogP contribution in [-0.4, -0.2) is 23.0 Å². The van der Waals surface area contributed by atoms with Crippen LogP contribution in [-0.2, 0) is 11.0 Å². The maximum atomic E-state index is 13.7. The van der Waals surface area contributed by atoms with Gasteiger partial charge in [0.1, 0.15) is 11.9 Å². The minimum absolute atomic E-state index is 0.503. The van der Waals surface area contributed by atoms with Crippen LogP contribution in [0.15, 0.2) is 18.2 Å². The second-order valence-electron chi connectivity index (χ2n) is 4.70. The molecule has 21 heavy (non-hydrogen) atoms. The smallest absolute Gasteiger partial charge is 0.419 e. The lowest BCUT2D eigenvalue weighted by molar-refractivity contribution is -0.141. The van der Waals surface area contributed by atoms with E-state index < -0.39 is 47.0 Å². The molecular weight excluding hydrogens is 294 g/mol. The number of benzene rings is 1. The molecule has 0 unspecified atom stereocenters. The molecule has 1 amide bonds. The Balaban J connectivity index is 3.12. The van der Waals surface area contributed by atoms with E-state index in [9.17, 15) is 27.2 Å². The average molecular weight is 307 g/mol. The van der Waals surface area contributed by atoms with E-state index in [4.69, 9.17) is 5.11 Å². The second kappa shape index (κ2) is 6.11. The first-order chi connectivity index (χ1) is 9.55. The van der Waals surface area contributed by atoms with E-state index in [0.717, 1.165) is 12.1 Å². The van der Waals surface area contributed by atoms with Gasteiger partial charge in [-0.2, -0.15) is 13.2 Å². The summed E-state index contributed by atoms with van der Waals surface area (Å²) in [6.45, 7) is 3.00. The van der Waals surface area contributed by atoms with Crippen LogP contribution in [0.25, 0.3) is 0 Å². The van der Waals surface area contributed by atoms with Gasteiger partial charge in [-0.1, -0.05) is 19.9 Å². The average Bonchev–Trinajstić information content (AvgIpc) is 2.33. The van der Waals surface area contributed by atoms with Crippen molar-refractivity contribution in [1.29, 1.82) is 0 Å². The first kappa shape index (κ1) is 16.9. The van der Waals surface area contributed by atoms with Crippen LogP contribution >= 0.6 is 0 Å². The summed E-state index contributed by atoms with van der Waals surface area (Å²) in [7, 11) is 0. The highest BCUT2D eigenvalue weighted by Gasteiger charge is 2.36. The third kappa shape index (κ3) is 3.93. The predicted molar refractivity (Wildman–Crippen MR) is 65.1 cm³/mol. The number of carbonyl (C=O) groups is 2. The van der Waals surface area contributed by atoms with E-state index in [2.05, 4.69) is 0 Å². The van der Waals surface area contributed by atoms with Crippen molar-refractivity contribution in [1.82, 2.24) is 5.32 Å². The van der Waals surface area contributed by atoms with Crippen LogP contribution in [0.2, 0.25) is 0 Å². The molecule has 1 aromatic rings. The van der Waals surface area contributed by atoms with Crippen molar-refractivity contribution in [2.24, 2.45) is 5.92 Å². The fourth-order valence-corrected chi connectivity index (χ4v) is 1.66. The van der Waals surface area contributed by atoms with Crippen molar-refractivity contribution in [3.63, 3.8) is 0 Å². The lowest BCUT2D eigenvalue weighted by atomic mass is 10.0. The summed E-state index contributed by atoms with van der Waals surface area (Å²) < 4.78 is 51.4. The van der Waals surface area contributed by atoms with Crippen LogP contribution in [0.1, 0.15) is 29.8 Å². The van der Waals surface area contributed by atoms with Crippen molar-refractivity contribution < 1.29 is 32.3 Å². The van der Waals surface area contributed by atoms with Gasteiger partial charge in [0.2, 0.25) is 0 Å². The van der Waals surface area contributed by atoms with Crippen LogP contribution in [0.3, 0.4) is 0 Å². The van der Waals surface area contributed by atoms with Crippen molar-refractivity contribution in [2.45, 2.75) is 26.1 Å². The number of rotatable bonds is 4. The molecular formula is C13H13F4NO3. The standard InChI is InChI=1S/C13H13F4NO3/c1-6(2)10(12(20)21)18-11(19)7-4-3-5-8(9(7)14)13(15,16)17/h3-6,10H,1-2H3,(H,18,19)(H,20,21)/t10-/m1/s1. The van der Waals surface area contributed by atoms with Gasteiger partial charge in [0.05, 0.1) is 11.1 Å². The zero-order valence-electron chi connectivity index (χ0n) is 11.2. The van der Waals surface area contributed by atoms with Gasteiger partial charge in [-0.05, 0) is 18.1 Å². The van der Waals surface area contributed by atoms with E-state index in [1.54, 1.807) is 0 Å². The van der Waals surface area contributed by atoms with E-state index in [1.807, 2.05) is 5.32 Å². The third-order valence-electron chi connectivity index (χ3n) is 2.77. The zero-order valence-corrected chi connectivity index (χ0v) is 11.2. The summed E-state index contributed by atoms with van der Waals surface area (Å²) in [6, 6.07) is 0.917. The molecule has 0 spiro atoms. The lowest BCUT2D eigenvalue weighted by Crippen LogP contribution is -2.44. The molecule has 4 nitrogen and oxygen atoms in total. The molecule has 0 bridgehead atoms. The number of aliphatic carboxylic acids is 1. The Kier molecular flexibility index (Phi) is 4.93. The molecule has 1 rings (SSSR count). The number of amides is 1. The Morgan fingerprint density at radius 2 is 1.81 bits per heavy atom. The van der Waals surface area contributed by atoms with Crippen LogP contribution in [0, 0.1) is 11.7 Å². The van der Waals surface area contributed by atoms with E-state index in [0.29, 0.717) is 6.07 Å². The number of alkyl halides is 3. The molecule has 0 fully saturated rings. The Labute approximate surface area is 117 Å². The minimum Gasteiger partial charge on any atom is -0.480 e. The Hall–Kier alpha value is -2.12. The van der Waals surface area contributed by atoms with Crippen LogP contribution in [0.4, 0.5) is 17.6 Å². The van der Waals surface area contributed by atoms with Gasteiger partial charge in [-0.25, -0.2) is 9.18 Å². The Bertz CT molecular complexity index is 555. The molecule has 116 valence electrons. The summed E-state index contributed by atoms with van der Waals surface area (Å²) in [6.07, 6.45) is -4.94. The number of hydrogen-bond donors (Lipinski definition) is 2. The monoisotopic (exact) mass is 307 g/mol. The maximum Gasteiger partial charge on any atom is 0.419 e. The van der Waals surface area contributed by atoms with Gasteiger partial charge in [-0.15, -0.1) is 0 Å². The predicted octanol–water partition coefficient (Wildman–Crippen LogP) is 2.68. The molecule has 0 saturated carbocycles. The fraction of sp³-hybridized carbons (Fsp3) is 0.385. The van der Waals surface area contributed by atoms with Gasteiger partial charge in [0.15, 0.2) is 0 Å². The van der Waals surface area contributed by atoms with Gasteiger partial charge in [0, 0.05) is 0 Å². The summed E-state index contributed by atoms with van der Waals surface area (Å²) in [5.74, 6) is -4.80. The van der Waals surface area contributed by atoms with Gasteiger partial charge in [-0.3, -0.25) is 4.79 Å². The number of carboxylic acids is 1. The number of carboxylic acid groups (broad SMARTS) is 1. The Morgan fingerprint density at radius 3 is 2.24 bits per heavy atom. The quantitative estimate of drug-likeness (QED) is 0.841. The van der Waals surface area contributed by atoms with Gasteiger partial charge >= 0.3 is 12.1 Å². The van der Waals surface area contributed by atoms with Gasteiger partial charge < -0.3 is 10.4 Å². The van der Waals surface area contributed by atoms with E-state index >= 15 is 0 Å². The molecule has 0 saturated heterocycles. The molecule has 0 radical (unpaired) electrons. The van der Waals surface area contributed by atoms with Crippen molar-refractivity contribution in [3.05, 3.63) is 35.1 Å². The second-order valence-corrected chi connectivity index (χ2v) is 4.70. The van der Waals surface area contributed by atoms with Crippen LogP contribution in [0.5, 0.6) is 0 Å². The summed E-state index contributed by atoms with van der Waals surface area (Å²) in [5.41, 5.74) is -2.43. The lowest BCUT2D eigenvalue weighted by Gasteiger charge is -2.18. The molecule has 0 heterocycles. The molecule has 0 aliphatic carbocycles. The SMILES string of the molecule is CC(C)[C@@H](NC(=O)c1cccc(C(F)(F)F)c1F)C(=O)O. The van der Waals surface area contributed by atoms with E-state index in [1.165, 1.54) is 13.8 Å². The first-order valence-electron chi connectivity index (χ1n) is 5.95.